The second-order valence-corrected chi connectivity index (χ2v) is 5.31. The molecule has 1 aromatic carbocycles. The number of likely N-dealkylation sites (tertiary alicyclic amines) is 1. The van der Waals surface area contributed by atoms with Crippen LogP contribution in [0.4, 0.5) is 0 Å². The molecule has 2 aliphatic heterocycles. The number of ether oxygens (including phenoxy) is 1. The molecule has 1 atom stereocenters. The Morgan fingerprint density at radius 1 is 1.24 bits per heavy atom. The highest BCUT2D eigenvalue weighted by Crippen LogP contribution is 2.24. The molecule has 21 heavy (non-hydrogen) atoms. The van der Waals surface area contributed by atoms with Crippen LogP contribution in [0, 0.1) is 5.92 Å². The van der Waals surface area contributed by atoms with Gasteiger partial charge in [-0.3, -0.25) is 24.2 Å². The van der Waals surface area contributed by atoms with Crippen molar-refractivity contribution in [3.05, 3.63) is 35.4 Å². The highest BCUT2D eigenvalue weighted by Gasteiger charge is 2.38. The standard InChI is InChI=1S/C15H16N2O4/c1-21-15(20)10-6-7-16(8-10)9-17-13(18)11-4-2-3-5-12(11)14(17)19/h2-5,10H,6-9H2,1H3. The first-order valence-corrected chi connectivity index (χ1v) is 6.87. The lowest BCUT2D eigenvalue weighted by Crippen LogP contribution is -2.40. The van der Waals surface area contributed by atoms with Crippen molar-refractivity contribution in [1.29, 1.82) is 0 Å². The first kappa shape index (κ1) is 13.8. The van der Waals surface area contributed by atoms with Crippen LogP contribution in [0.3, 0.4) is 0 Å². The zero-order chi connectivity index (χ0) is 15.0. The quantitative estimate of drug-likeness (QED) is 0.606. The highest BCUT2D eigenvalue weighted by atomic mass is 16.5. The van der Waals surface area contributed by atoms with E-state index in [1.165, 1.54) is 12.0 Å². The minimum absolute atomic E-state index is 0.176. The van der Waals surface area contributed by atoms with Gasteiger partial charge in [-0.15, -0.1) is 0 Å². The number of carbonyl (C=O) groups excluding carboxylic acids is 3. The number of carbonyl (C=O) groups is 3. The van der Waals surface area contributed by atoms with Crippen LogP contribution >= 0.6 is 0 Å². The van der Waals surface area contributed by atoms with Crippen LogP contribution in [0.25, 0.3) is 0 Å². The van der Waals surface area contributed by atoms with Crippen molar-refractivity contribution in [3.63, 3.8) is 0 Å². The molecule has 1 saturated heterocycles. The summed E-state index contributed by atoms with van der Waals surface area (Å²) >= 11 is 0. The van der Waals surface area contributed by atoms with Gasteiger partial charge in [0.05, 0.1) is 30.8 Å². The van der Waals surface area contributed by atoms with E-state index in [9.17, 15) is 14.4 Å². The van der Waals surface area contributed by atoms with Gasteiger partial charge in [0.2, 0.25) is 0 Å². The summed E-state index contributed by atoms with van der Waals surface area (Å²) in [4.78, 5) is 39.2. The molecule has 0 radical (unpaired) electrons. The van der Waals surface area contributed by atoms with Crippen LogP contribution in [0.5, 0.6) is 0 Å². The van der Waals surface area contributed by atoms with Gasteiger partial charge in [-0.25, -0.2) is 0 Å². The first-order valence-electron chi connectivity index (χ1n) is 6.87. The molecule has 6 heteroatoms. The normalized spacial score (nSPS) is 21.8. The second-order valence-electron chi connectivity index (χ2n) is 5.31. The van der Waals surface area contributed by atoms with Crippen LogP contribution in [-0.2, 0) is 9.53 Å². The predicted molar refractivity (Wildman–Crippen MR) is 73.5 cm³/mol. The summed E-state index contributed by atoms with van der Waals surface area (Å²) in [5.41, 5.74) is 0.900. The molecule has 3 rings (SSSR count). The van der Waals surface area contributed by atoms with Crippen molar-refractivity contribution in [3.8, 4) is 0 Å². The number of fused-ring (bicyclic) bond motifs is 1. The zero-order valence-corrected chi connectivity index (χ0v) is 11.7. The van der Waals surface area contributed by atoms with Gasteiger partial charge in [-0.05, 0) is 18.6 Å². The summed E-state index contributed by atoms with van der Waals surface area (Å²) in [6.07, 6.45) is 0.690. The molecule has 0 saturated carbocycles. The summed E-state index contributed by atoms with van der Waals surface area (Å²) in [5, 5.41) is 0. The van der Waals surface area contributed by atoms with Crippen LogP contribution in [0.15, 0.2) is 24.3 Å². The Morgan fingerprint density at radius 2 is 1.86 bits per heavy atom. The van der Waals surface area contributed by atoms with E-state index in [0.29, 0.717) is 30.6 Å². The van der Waals surface area contributed by atoms with Crippen molar-refractivity contribution >= 4 is 17.8 Å². The minimum atomic E-state index is -0.267. The van der Waals surface area contributed by atoms with E-state index in [1.54, 1.807) is 24.3 Å². The second kappa shape index (κ2) is 5.29. The Kier molecular flexibility index (Phi) is 3.47. The van der Waals surface area contributed by atoms with Crippen molar-refractivity contribution in [2.24, 2.45) is 5.92 Å². The number of methoxy groups -OCH3 is 1. The molecule has 1 aromatic rings. The first-order chi connectivity index (χ1) is 10.1. The zero-order valence-electron chi connectivity index (χ0n) is 11.7. The molecule has 1 unspecified atom stereocenters. The summed E-state index contributed by atoms with van der Waals surface area (Å²) < 4.78 is 4.73. The van der Waals surface area contributed by atoms with Crippen LogP contribution in [0.2, 0.25) is 0 Å². The average molecular weight is 288 g/mol. The molecule has 0 aliphatic carbocycles. The molecule has 0 bridgehead atoms. The lowest BCUT2D eigenvalue weighted by molar-refractivity contribution is -0.144. The third kappa shape index (κ3) is 2.31. The molecule has 6 nitrogen and oxygen atoms in total. The lowest BCUT2D eigenvalue weighted by Gasteiger charge is -2.22. The number of rotatable bonds is 3. The van der Waals surface area contributed by atoms with Crippen LogP contribution in [0.1, 0.15) is 27.1 Å². The fourth-order valence-corrected chi connectivity index (χ4v) is 2.89. The topological polar surface area (TPSA) is 66.9 Å². The Morgan fingerprint density at radius 3 is 2.43 bits per heavy atom. The Hall–Kier alpha value is -2.21. The van der Waals surface area contributed by atoms with E-state index in [2.05, 4.69) is 0 Å². The van der Waals surface area contributed by atoms with Crippen LogP contribution < -0.4 is 0 Å². The van der Waals surface area contributed by atoms with Gasteiger partial charge < -0.3 is 4.74 Å². The van der Waals surface area contributed by atoms with Gasteiger partial charge in [-0.1, -0.05) is 12.1 Å². The summed E-state index contributed by atoms with van der Waals surface area (Å²) in [6, 6.07) is 6.82. The lowest BCUT2D eigenvalue weighted by atomic mass is 10.1. The van der Waals surface area contributed by atoms with E-state index in [1.807, 2.05) is 4.90 Å². The molecule has 110 valence electrons. The number of esters is 1. The number of nitrogens with zero attached hydrogens (tertiary/aromatic N) is 2. The summed E-state index contributed by atoms with van der Waals surface area (Å²) in [7, 11) is 1.37. The molecule has 0 spiro atoms. The highest BCUT2D eigenvalue weighted by molar-refractivity contribution is 6.21. The van der Waals surface area contributed by atoms with Gasteiger partial charge in [0.1, 0.15) is 0 Å². The van der Waals surface area contributed by atoms with Crippen molar-refractivity contribution in [2.75, 3.05) is 26.9 Å². The molecule has 0 aromatic heterocycles. The summed E-state index contributed by atoms with van der Waals surface area (Å²) in [6.45, 7) is 1.41. The van der Waals surface area contributed by atoms with E-state index in [0.717, 1.165) is 0 Å². The van der Waals surface area contributed by atoms with Gasteiger partial charge in [-0.2, -0.15) is 0 Å². The molecule has 0 N–H and O–H groups in total. The van der Waals surface area contributed by atoms with E-state index < -0.39 is 0 Å². The smallest absolute Gasteiger partial charge is 0.310 e. The van der Waals surface area contributed by atoms with Gasteiger partial charge in [0, 0.05) is 13.1 Å². The van der Waals surface area contributed by atoms with Gasteiger partial charge in [0.25, 0.3) is 11.8 Å². The maximum Gasteiger partial charge on any atom is 0.310 e. The van der Waals surface area contributed by atoms with E-state index >= 15 is 0 Å². The molecular weight excluding hydrogens is 272 g/mol. The molecule has 2 aliphatic rings. The summed E-state index contributed by atoms with van der Waals surface area (Å²) in [5.74, 6) is -0.945. The number of benzene rings is 1. The molecule has 2 amide bonds. The van der Waals surface area contributed by atoms with Gasteiger partial charge >= 0.3 is 5.97 Å². The predicted octanol–water partition coefficient (Wildman–Crippen LogP) is 0.735. The number of hydrogen-bond donors (Lipinski definition) is 0. The number of amides is 2. The number of imide groups is 1. The van der Waals surface area contributed by atoms with Crippen molar-refractivity contribution < 1.29 is 19.1 Å². The molecular formula is C15H16N2O4. The van der Waals surface area contributed by atoms with Crippen molar-refractivity contribution in [1.82, 2.24) is 9.80 Å². The third-order valence-electron chi connectivity index (χ3n) is 4.03. The van der Waals surface area contributed by atoms with Crippen molar-refractivity contribution in [2.45, 2.75) is 6.42 Å². The fraction of sp³-hybridized carbons (Fsp3) is 0.400. The maximum absolute atomic E-state index is 12.3. The van der Waals surface area contributed by atoms with Crippen LogP contribution in [-0.4, -0.2) is 54.5 Å². The number of hydrogen-bond acceptors (Lipinski definition) is 5. The average Bonchev–Trinajstić information content (AvgIpc) is 3.07. The molecule has 2 heterocycles. The monoisotopic (exact) mass is 288 g/mol. The third-order valence-corrected chi connectivity index (χ3v) is 4.03. The van der Waals surface area contributed by atoms with E-state index in [4.69, 9.17) is 4.74 Å². The Balaban J connectivity index is 1.69. The van der Waals surface area contributed by atoms with E-state index in [-0.39, 0.29) is 30.4 Å². The Labute approximate surface area is 122 Å². The van der Waals surface area contributed by atoms with Gasteiger partial charge in [0.15, 0.2) is 0 Å². The largest absolute Gasteiger partial charge is 0.469 e. The minimum Gasteiger partial charge on any atom is -0.469 e. The molecule has 1 fully saturated rings. The maximum atomic E-state index is 12.3. The Bertz CT molecular complexity index is 578. The fourth-order valence-electron chi connectivity index (χ4n) is 2.89. The SMILES string of the molecule is COC(=O)C1CCN(CN2C(=O)c3ccccc3C2=O)C1.